The minimum Gasteiger partial charge on any atom is -0.469 e. The third-order valence-electron chi connectivity index (χ3n) is 2.55. The van der Waals surface area contributed by atoms with E-state index in [1.54, 1.807) is 12.5 Å². The Hall–Kier alpha value is -1.36. The first-order chi connectivity index (χ1) is 7.72. The van der Waals surface area contributed by atoms with E-state index < -0.39 is 0 Å². The number of nitrogens with zero attached hydrogens (tertiary/aromatic N) is 2. The monoisotopic (exact) mass is 225 g/mol. The highest BCUT2D eigenvalue weighted by molar-refractivity contribution is 5.70. The summed E-state index contributed by atoms with van der Waals surface area (Å²) in [5, 5.41) is 0. The van der Waals surface area contributed by atoms with E-state index in [0.29, 0.717) is 13.0 Å². The van der Waals surface area contributed by atoms with Crippen molar-refractivity contribution in [3.63, 3.8) is 0 Å². The summed E-state index contributed by atoms with van der Waals surface area (Å²) in [5.41, 5.74) is 6.69. The van der Waals surface area contributed by atoms with Crippen molar-refractivity contribution in [3.05, 3.63) is 18.2 Å². The molecular formula is C11H19N3O2. The van der Waals surface area contributed by atoms with E-state index in [0.717, 1.165) is 18.7 Å². The molecule has 2 N–H and O–H groups in total. The third-order valence-corrected chi connectivity index (χ3v) is 2.55. The molecule has 0 fully saturated rings. The van der Waals surface area contributed by atoms with E-state index in [1.807, 2.05) is 4.57 Å². The molecular weight excluding hydrogens is 206 g/mol. The normalized spacial score (nSPS) is 12.4. The van der Waals surface area contributed by atoms with Crippen LogP contribution in [-0.4, -0.2) is 29.2 Å². The molecule has 0 saturated heterocycles. The lowest BCUT2D eigenvalue weighted by Gasteiger charge is -2.15. The molecule has 0 amide bonds. The number of methoxy groups -OCH3 is 1. The van der Waals surface area contributed by atoms with Crippen LogP contribution in [0.1, 0.15) is 31.4 Å². The molecule has 16 heavy (non-hydrogen) atoms. The van der Waals surface area contributed by atoms with Gasteiger partial charge in [0.2, 0.25) is 0 Å². The summed E-state index contributed by atoms with van der Waals surface area (Å²) in [7, 11) is 1.39. The van der Waals surface area contributed by atoms with Crippen LogP contribution in [0.4, 0.5) is 0 Å². The molecule has 1 aromatic rings. The van der Waals surface area contributed by atoms with Gasteiger partial charge in [-0.1, -0.05) is 6.92 Å². The predicted octanol–water partition coefficient (Wildman–Crippen LogP) is 0.898. The van der Waals surface area contributed by atoms with E-state index in [4.69, 9.17) is 5.73 Å². The molecule has 0 saturated carbocycles. The van der Waals surface area contributed by atoms with Gasteiger partial charge in [-0.2, -0.15) is 0 Å². The first-order valence-corrected chi connectivity index (χ1v) is 5.49. The topological polar surface area (TPSA) is 70.1 Å². The van der Waals surface area contributed by atoms with E-state index in [-0.39, 0.29) is 11.9 Å². The smallest absolute Gasteiger partial charge is 0.306 e. The van der Waals surface area contributed by atoms with Gasteiger partial charge in [0.25, 0.3) is 0 Å². The molecule has 0 spiro atoms. The van der Waals surface area contributed by atoms with Crippen molar-refractivity contribution in [2.75, 3.05) is 13.7 Å². The fourth-order valence-electron chi connectivity index (χ4n) is 1.69. The molecule has 1 heterocycles. The van der Waals surface area contributed by atoms with Crippen LogP contribution in [0.15, 0.2) is 12.5 Å². The van der Waals surface area contributed by atoms with E-state index in [9.17, 15) is 4.79 Å². The van der Waals surface area contributed by atoms with E-state index in [1.165, 1.54) is 7.11 Å². The predicted molar refractivity (Wildman–Crippen MR) is 60.9 cm³/mol. The number of aromatic nitrogens is 2. The van der Waals surface area contributed by atoms with Crippen LogP contribution >= 0.6 is 0 Å². The number of imidazole rings is 1. The molecule has 0 bridgehead atoms. The molecule has 5 heteroatoms. The maximum atomic E-state index is 11.2. The van der Waals surface area contributed by atoms with Crippen molar-refractivity contribution in [2.45, 2.75) is 32.2 Å². The lowest BCUT2D eigenvalue weighted by Crippen LogP contribution is -2.20. The number of rotatable bonds is 6. The number of carbonyl (C=O) groups is 1. The molecule has 0 aliphatic rings. The summed E-state index contributed by atoms with van der Waals surface area (Å²) in [6.07, 6.45) is 4.89. The highest BCUT2D eigenvalue weighted by Gasteiger charge is 2.18. The second-order valence-corrected chi connectivity index (χ2v) is 3.72. The molecule has 0 radical (unpaired) electrons. The number of carbonyl (C=O) groups excluding carboxylic acids is 1. The summed E-state index contributed by atoms with van der Waals surface area (Å²) < 4.78 is 6.70. The Morgan fingerprint density at radius 3 is 3.00 bits per heavy atom. The molecule has 90 valence electrons. The Morgan fingerprint density at radius 2 is 2.44 bits per heavy atom. The number of esters is 1. The van der Waals surface area contributed by atoms with Gasteiger partial charge in [0.15, 0.2) is 0 Å². The first-order valence-electron chi connectivity index (χ1n) is 5.49. The maximum absolute atomic E-state index is 11.2. The summed E-state index contributed by atoms with van der Waals surface area (Å²) in [5.74, 6) is -0.249. The standard InChI is InChI=1S/C11H19N3O2/c1-3-4-14-8-13-7-10(14)9(6-12)5-11(15)16-2/h7-9H,3-6,12H2,1-2H3. The highest BCUT2D eigenvalue weighted by Crippen LogP contribution is 2.19. The summed E-state index contributed by atoms with van der Waals surface area (Å²) >= 11 is 0. The zero-order valence-electron chi connectivity index (χ0n) is 9.85. The van der Waals surface area contributed by atoms with Gasteiger partial charge in [-0.3, -0.25) is 4.79 Å². The molecule has 0 aromatic carbocycles. The largest absolute Gasteiger partial charge is 0.469 e. The van der Waals surface area contributed by atoms with Crippen LogP contribution < -0.4 is 5.73 Å². The number of hydrogen-bond donors (Lipinski definition) is 1. The summed E-state index contributed by atoms with van der Waals surface area (Å²) in [4.78, 5) is 15.3. The Bertz CT molecular complexity index is 336. The second kappa shape index (κ2) is 6.27. The van der Waals surface area contributed by atoms with Gasteiger partial charge < -0.3 is 15.0 Å². The highest BCUT2D eigenvalue weighted by atomic mass is 16.5. The van der Waals surface area contributed by atoms with Crippen molar-refractivity contribution in [1.82, 2.24) is 9.55 Å². The van der Waals surface area contributed by atoms with Crippen LogP contribution in [0.25, 0.3) is 0 Å². The molecule has 1 rings (SSSR count). The average molecular weight is 225 g/mol. The minimum atomic E-state index is -0.236. The quantitative estimate of drug-likeness (QED) is 0.730. The average Bonchev–Trinajstić information content (AvgIpc) is 2.74. The van der Waals surface area contributed by atoms with Gasteiger partial charge in [-0.15, -0.1) is 0 Å². The number of aryl methyl sites for hydroxylation is 1. The Kier molecular flexibility index (Phi) is 4.98. The molecule has 0 aliphatic heterocycles. The molecule has 1 atom stereocenters. The van der Waals surface area contributed by atoms with Crippen molar-refractivity contribution in [3.8, 4) is 0 Å². The molecule has 1 unspecified atom stereocenters. The van der Waals surface area contributed by atoms with Gasteiger partial charge in [-0.25, -0.2) is 4.98 Å². The zero-order valence-corrected chi connectivity index (χ0v) is 9.85. The van der Waals surface area contributed by atoms with Gasteiger partial charge in [0, 0.05) is 30.9 Å². The number of ether oxygens (including phenoxy) is 1. The second-order valence-electron chi connectivity index (χ2n) is 3.72. The first kappa shape index (κ1) is 12.7. The maximum Gasteiger partial charge on any atom is 0.306 e. The lowest BCUT2D eigenvalue weighted by atomic mass is 10.0. The Balaban J connectivity index is 2.77. The van der Waals surface area contributed by atoms with Crippen LogP contribution in [0.2, 0.25) is 0 Å². The van der Waals surface area contributed by atoms with Crippen LogP contribution in [0.5, 0.6) is 0 Å². The Labute approximate surface area is 95.6 Å². The molecule has 1 aromatic heterocycles. The fourth-order valence-corrected chi connectivity index (χ4v) is 1.69. The van der Waals surface area contributed by atoms with E-state index in [2.05, 4.69) is 16.6 Å². The lowest BCUT2D eigenvalue weighted by molar-refractivity contribution is -0.141. The minimum absolute atomic E-state index is 0.0125. The number of nitrogens with two attached hydrogens (primary N) is 1. The molecule has 5 nitrogen and oxygen atoms in total. The Morgan fingerprint density at radius 1 is 1.69 bits per heavy atom. The van der Waals surface area contributed by atoms with Crippen molar-refractivity contribution in [2.24, 2.45) is 5.73 Å². The van der Waals surface area contributed by atoms with Gasteiger partial charge in [0.05, 0.1) is 19.9 Å². The van der Waals surface area contributed by atoms with Gasteiger partial charge in [-0.05, 0) is 6.42 Å². The number of hydrogen-bond acceptors (Lipinski definition) is 4. The van der Waals surface area contributed by atoms with Crippen LogP contribution in [-0.2, 0) is 16.1 Å². The van der Waals surface area contributed by atoms with Crippen LogP contribution in [0.3, 0.4) is 0 Å². The van der Waals surface area contributed by atoms with Crippen molar-refractivity contribution < 1.29 is 9.53 Å². The summed E-state index contributed by atoms with van der Waals surface area (Å²) in [6, 6.07) is 0. The van der Waals surface area contributed by atoms with Gasteiger partial charge >= 0.3 is 5.97 Å². The fraction of sp³-hybridized carbons (Fsp3) is 0.636. The van der Waals surface area contributed by atoms with Crippen LogP contribution in [0, 0.1) is 0 Å². The SMILES string of the molecule is CCCn1cncc1C(CN)CC(=O)OC. The van der Waals surface area contributed by atoms with E-state index >= 15 is 0 Å². The van der Waals surface area contributed by atoms with Crippen molar-refractivity contribution >= 4 is 5.97 Å². The summed E-state index contributed by atoms with van der Waals surface area (Å²) in [6.45, 7) is 3.42. The van der Waals surface area contributed by atoms with Gasteiger partial charge in [0.1, 0.15) is 0 Å². The van der Waals surface area contributed by atoms with Crippen molar-refractivity contribution in [1.29, 1.82) is 0 Å². The third kappa shape index (κ3) is 3.06. The molecule has 0 aliphatic carbocycles. The zero-order chi connectivity index (χ0) is 12.0.